The quantitative estimate of drug-likeness (QED) is 0.822. The van der Waals surface area contributed by atoms with Crippen LogP contribution in [0.5, 0.6) is 0 Å². The Bertz CT molecular complexity index is 952. The van der Waals surface area contributed by atoms with Crippen molar-refractivity contribution in [1.29, 1.82) is 0 Å². The molecule has 0 bridgehead atoms. The van der Waals surface area contributed by atoms with Gasteiger partial charge < -0.3 is 10.3 Å². The first-order chi connectivity index (χ1) is 13.5. The summed E-state index contributed by atoms with van der Waals surface area (Å²) in [6, 6.07) is 2.10. The van der Waals surface area contributed by atoms with Gasteiger partial charge in [0.1, 0.15) is 4.70 Å². The van der Waals surface area contributed by atoms with Crippen molar-refractivity contribution >= 4 is 27.5 Å². The standard InChI is InChI=1S/C21H29N3O3S/c1-13-4-2-3-5-16(13)22-19(25)15-8-6-14(7-9-15)12-24-20(26)18-17(10-11-28-18)23-21(24)27/h10-11,13-16H,2-9,12H2,1H3,(H,22,25)(H,23,27)/t13-,14?,15?,16-/m0/s1. The highest BCUT2D eigenvalue weighted by molar-refractivity contribution is 7.17. The van der Waals surface area contributed by atoms with Crippen molar-refractivity contribution in [1.82, 2.24) is 14.9 Å². The number of aromatic nitrogens is 2. The van der Waals surface area contributed by atoms with Crippen LogP contribution in [0, 0.1) is 17.8 Å². The molecule has 2 N–H and O–H groups in total. The van der Waals surface area contributed by atoms with Crippen LogP contribution in [0.3, 0.4) is 0 Å². The molecule has 2 saturated carbocycles. The Balaban J connectivity index is 1.35. The molecule has 2 aromatic heterocycles. The fraction of sp³-hybridized carbons (Fsp3) is 0.667. The van der Waals surface area contributed by atoms with E-state index in [0.717, 1.165) is 32.1 Å². The van der Waals surface area contributed by atoms with E-state index >= 15 is 0 Å². The predicted molar refractivity (Wildman–Crippen MR) is 112 cm³/mol. The van der Waals surface area contributed by atoms with E-state index in [0.29, 0.717) is 28.7 Å². The number of carbonyl (C=O) groups is 1. The molecule has 0 aliphatic heterocycles. The summed E-state index contributed by atoms with van der Waals surface area (Å²) in [6.07, 6.45) is 8.22. The number of thiophene rings is 1. The highest BCUT2D eigenvalue weighted by atomic mass is 32.1. The van der Waals surface area contributed by atoms with Gasteiger partial charge in [-0.25, -0.2) is 4.79 Å². The van der Waals surface area contributed by atoms with Gasteiger partial charge >= 0.3 is 5.69 Å². The minimum absolute atomic E-state index is 0.0696. The minimum Gasteiger partial charge on any atom is -0.353 e. The Morgan fingerprint density at radius 3 is 2.68 bits per heavy atom. The molecule has 0 unspecified atom stereocenters. The Hall–Kier alpha value is -1.89. The van der Waals surface area contributed by atoms with E-state index in [9.17, 15) is 14.4 Å². The van der Waals surface area contributed by atoms with Crippen LogP contribution in [0.4, 0.5) is 0 Å². The van der Waals surface area contributed by atoms with E-state index in [1.54, 1.807) is 6.07 Å². The number of amides is 1. The number of nitrogens with zero attached hydrogens (tertiary/aromatic N) is 1. The number of hydrogen-bond donors (Lipinski definition) is 2. The monoisotopic (exact) mass is 403 g/mol. The van der Waals surface area contributed by atoms with Crippen LogP contribution < -0.4 is 16.6 Å². The van der Waals surface area contributed by atoms with Gasteiger partial charge in [-0.1, -0.05) is 19.8 Å². The van der Waals surface area contributed by atoms with E-state index in [2.05, 4.69) is 17.2 Å². The van der Waals surface area contributed by atoms with E-state index in [-0.39, 0.29) is 29.0 Å². The first-order valence-electron chi connectivity index (χ1n) is 10.5. The lowest BCUT2D eigenvalue weighted by Crippen LogP contribution is -2.44. The van der Waals surface area contributed by atoms with E-state index in [4.69, 9.17) is 0 Å². The fourth-order valence-corrected chi connectivity index (χ4v) is 5.63. The van der Waals surface area contributed by atoms with Crippen molar-refractivity contribution in [3.8, 4) is 0 Å². The molecule has 0 saturated heterocycles. The van der Waals surface area contributed by atoms with E-state index in [1.807, 2.05) is 5.38 Å². The summed E-state index contributed by atoms with van der Waals surface area (Å²) in [6.45, 7) is 2.68. The van der Waals surface area contributed by atoms with Crippen LogP contribution >= 0.6 is 11.3 Å². The third-order valence-corrected chi connectivity index (χ3v) is 7.59. The van der Waals surface area contributed by atoms with Gasteiger partial charge in [-0.2, -0.15) is 0 Å². The van der Waals surface area contributed by atoms with Crippen LogP contribution in [-0.4, -0.2) is 21.5 Å². The molecule has 2 atom stereocenters. The van der Waals surface area contributed by atoms with Gasteiger partial charge in [0.25, 0.3) is 5.56 Å². The van der Waals surface area contributed by atoms with Gasteiger partial charge in [0.15, 0.2) is 0 Å². The first kappa shape index (κ1) is 19.4. The van der Waals surface area contributed by atoms with Gasteiger partial charge in [-0.3, -0.25) is 14.2 Å². The summed E-state index contributed by atoms with van der Waals surface area (Å²) in [4.78, 5) is 40.4. The zero-order valence-electron chi connectivity index (χ0n) is 16.4. The van der Waals surface area contributed by atoms with Crippen LogP contribution in [0.2, 0.25) is 0 Å². The summed E-state index contributed by atoms with van der Waals surface area (Å²) < 4.78 is 1.95. The Morgan fingerprint density at radius 2 is 1.93 bits per heavy atom. The molecule has 0 radical (unpaired) electrons. The van der Waals surface area contributed by atoms with Crippen molar-refractivity contribution in [2.45, 2.75) is 70.9 Å². The molecule has 4 rings (SSSR count). The molecule has 2 aromatic rings. The number of hydrogen-bond acceptors (Lipinski definition) is 4. The maximum Gasteiger partial charge on any atom is 0.328 e. The maximum atomic E-state index is 12.7. The third kappa shape index (κ3) is 3.95. The maximum absolute atomic E-state index is 12.7. The average Bonchev–Trinajstić information content (AvgIpc) is 3.16. The number of H-pyrrole nitrogens is 1. The second-order valence-corrected chi connectivity index (χ2v) is 9.52. The van der Waals surface area contributed by atoms with Crippen LogP contribution in [0.1, 0.15) is 58.3 Å². The van der Waals surface area contributed by atoms with Gasteiger partial charge in [-0.15, -0.1) is 11.3 Å². The molecule has 0 aromatic carbocycles. The predicted octanol–water partition coefficient (Wildman–Crippen LogP) is 3.25. The smallest absolute Gasteiger partial charge is 0.328 e. The molecular formula is C21H29N3O3S. The molecule has 2 aliphatic carbocycles. The summed E-state index contributed by atoms with van der Waals surface area (Å²) in [5.41, 5.74) is 0.0931. The Morgan fingerprint density at radius 1 is 1.18 bits per heavy atom. The number of carbonyl (C=O) groups excluding carboxylic acids is 1. The van der Waals surface area contributed by atoms with E-state index < -0.39 is 0 Å². The van der Waals surface area contributed by atoms with Crippen LogP contribution in [-0.2, 0) is 11.3 Å². The summed E-state index contributed by atoms with van der Waals surface area (Å²) in [7, 11) is 0. The Labute approximate surface area is 168 Å². The van der Waals surface area contributed by atoms with E-state index in [1.165, 1.54) is 35.2 Å². The summed E-state index contributed by atoms with van der Waals surface area (Å²) in [5.74, 6) is 1.11. The molecule has 2 fully saturated rings. The second kappa shape index (κ2) is 8.23. The van der Waals surface area contributed by atoms with Gasteiger partial charge in [0.05, 0.1) is 5.52 Å². The zero-order valence-corrected chi connectivity index (χ0v) is 17.2. The van der Waals surface area contributed by atoms with Crippen molar-refractivity contribution in [2.75, 3.05) is 0 Å². The van der Waals surface area contributed by atoms with Crippen LogP contribution in [0.15, 0.2) is 21.0 Å². The SMILES string of the molecule is C[C@H]1CCCC[C@@H]1NC(=O)C1CCC(Cn2c(=O)[nH]c3ccsc3c2=O)CC1. The molecule has 1 amide bonds. The minimum atomic E-state index is -0.331. The fourth-order valence-electron chi connectivity index (χ4n) is 4.83. The first-order valence-corrected chi connectivity index (χ1v) is 11.4. The third-order valence-electron chi connectivity index (χ3n) is 6.69. The number of aromatic amines is 1. The topological polar surface area (TPSA) is 84.0 Å². The van der Waals surface area contributed by atoms with Crippen LogP contribution in [0.25, 0.3) is 10.2 Å². The number of rotatable bonds is 4. The Kier molecular flexibility index (Phi) is 5.71. The molecule has 2 heterocycles. The largest absolute Gasteiger partial charge is 0.353 e. The van der Waals surface area contributed by atoms with Gasteiger partial charge in [0.2, 0.25) is 5.91 Å². The highest BCUT2D eigenvalue weighted by Gasteiger charge is 2.30. The lowest BCUT2D eigenvalue weighted by Gasteiger charge is -2.33. The molecule has 152 valence electrons. The highest BCUT2D eigenvalue weighted by Crippen LogP contribution is 2.31. The zero-order chi connectivity index (χ0) is 19.7. The lowest BCUT2D eigenvalue weighted by atomic mass is 9.80. The molecule has 28 heavy (non-hydrogen) atoms. The molecule has 2 aliphatic rings. The summed E-state index contributed by atoms with van der Waals surface area (Å²) in [5, 5.41) is 5.11. The van der Waals surface area contributed by atoms with Crippen molar-refractivity contribution < 1.29 is 4.79 Å². The number of nitrogens with one attached hydrogen (secondary N) is 2. The number of fused-ring (bicyclic) bond motifs is 1. The normalized spacial score (nSPS) is 28.3. The van der Waals surface area contributed by atoms with Crippen molar-refractivity contribution in [2.24, 2.45) is 17.8 Å². The van der Waals surface area contributed by atoms with Crippen molar-refractivity contribution in [3.05, 3.63) is 32.3 Å². The molecule has 7 heteroatoms. The molecular weight excluding hydrogens is 374 g/mol. The van der Waals surface area contributed by atoms with Gasteiger partial charge in [0, 0.05) is 18.5 Å². The summed E-state index contributed by atoms with van der Waals surface area (Å²) >= 11 is 1.36. The molecule has 6 nitrogen and oxygen atoms in total. The van der Waals surface area contributed by atoms with Crippen molar-refractivity contribution in [3.63, 3.8) is 0 Å². The second-order valence-electron chi connectivity index (χ2n) is 8.60. The average molecular weight is 404 g/mol. The van der Waals surface area contributed by atoms with Gasteiger partial charge in [-0.05, 0) is 61.8 Å². The molecule has 0 spiro atoms. The lowest BCUT2D eigenvalue weighted by molar-refractivity contribution is -0.127.